The lowest BCUT2D eigenvalue weighted by Gasteiger charge is -2.08. The smallest absolute Gasteiger partial charge is 0.166 e. The standard InChI is InChI=1S/C18H23F3/c1-3-5-6-7-9-15(8-4-2)14-16-10-12-17(13-11-16)18(19,20)21/h4,10-14H,2-3,5-9H2,1H3/b15-14-. The molecule has 0 aliphatic rings. The zero-order valence-electron chi connectivity index (χ0n) is 12.5. The fourth-order valence-corrected chi connectivity index (χ4v) is 2.20. The molecule has 0 spiro atoms. The number of allylic oxidation sites excluding steroid dienone is 2. The Morgan fingerprint density at radius 1 is 1.10 bits per heavy atom. The van der Waals surface area contributed by atoms with Crippen LogP contribution < -0.4 is 0 Å². The Balaban J connectivity index is 2.73. The third-order valence-corrected chi connectivity index (χ3v) is 3.37. The van der Waals surface area contributed by atoms with E-state index in [1.165, 1.54) is 37.0 Å². The van der Waals surface area contributed by atoms with Gasteiger partial charge in [-0.2, -0.15) is 13.2 Å². The first-order valence-electron chi connectivity index (χ1n) is 7.45. The zero-order valence-corrected chi connectivity index (χ0v) is 12.5. The van der Waals surface area contributed by atoms with E-state index in [-0.39, 0.29) is 0 Å². The van der Waals surface area contributed by atoms with Crippen LogP contribution in [0.3, 0.4) is 0 Å². The molecule has 0 aromatic heterocycles. The van der Waals surface area contributed by atoms with Crippen LogP contribution >= 0.6 is 0 Å². The molecule has 0 fully saturated rings. The largest absolute Gasteiger partial charge is 0.416 e. The van der Waals surface area contributed by atoms with Crippen molar-refractivity contribution in [2.24, 2.45) is 0 Å². The van der Waals surface area contributed by atoms with Crippen molar-refractivity contribution in [1.29, 1.82) is 0 Å². The van der Waals surface area contributed by atoms with Gasteiger partial charge in [0.1, 0.15) is 0 Å². The second kappa shape index (κ2) is 8.71. The van der Waals surface area contributed by atoms with Gasteiger partial charge in [-0.3, -0.25) is 0 Å². The predicted octanol–water partition coefficient (Wildman–Crippen LogP) is 6.64. The quantitative estimate of drug-likeness (QED) is 0.373. The zero-order chi connectivity index (χ0) is 15.7. The lowest BCUT2D eigenvalue weighted by atomic mass is 10.0. The highest BCUT2D eigenvalue weighted by Crippen LogP contribution is 2.29. The molecule has 0 bridgehead atoms. The fourth-order valence-electron chi connectivity index (χ4n) is 2.20. The summed E-state index contributed by atoms with van der Waals surface area (Å²) in [7, 11) is 0. The van der Waals surface area contributed by atoms with E-state index in [4.69, 9.17) is 0 Å². The van der Waals surface area contributed by atoms with Crippen molar-refractivity contribution >= 4 is 6.08 Å². The highest BCUT2D eigenvalue weighted by Gasteiger charge is 2.29. The van der Waals surface area contributed by atoms with Gasteiger partial charge in [0, 0.05) is 0 Å². The molecule has 1 aromatic carbocycles. The predicted molar refractivity (Wildman–Crippen MR) is 83.0 cm³/mol. The number of hydrogen-bond donors (Lipinski definition) is 0. The van der Waals surface area contributed by atoms with Crippen molar-refractivity contribution < 1.29 is 13.2 Å². The minimum absolute atomic E-state index is 0.604. The maximum Gasteiger partial charge on any atom is 0.416 e. The van der Waals surface area contributed by atoms with Crippen molar-refractivity contribution in [3.05, 3.63) is 53.6 Å². The Bertz CT molecular complexity index is 452. The highest BCUT2D eigenvalue weighted by atomic mass is 19.4. The first kappa shape index (κ1) is 17.5. The van der Waals surface area contributed by atoms with Gasteiger partial charge in [0.15, 0.2) is 0 Å². The molecule has 0 saturated carbocycles. The molecule has 0 N–H and O–H groups in total. The minimum atomic E-state index is -4.27. The monoisotopic (exact) mass is 296 g/mol. The maximum absolute atomic E-state index is 12.5. The summed E-state index contributed by atoms with van der Waals surface area (Å²) in [6, 6.07) is 5.32. The first-order valence-corrected chi connectivity index (χ1v) is 7.45. The number of unbranched alkanes of at least 4 members (excludes halogenated alkanes) is 3. The Labute approximate surface area is 125 Å². The molecule has 116 valence electrons. The molecule has 3 heteroatoms. The molecular formula is C18H23F3. The average molecular weight is 296 g/mol. The van der Waals surface area contributed by atoms with Crippen molar-refractivity contribution in [2.75, 3.05) is 0 Å². The maximum atomic E-state index is 12.5. The van der Waals surface area contributed by atoms with Gasteiger partial charge >= 0.3 is 6.18 Å². The van der Waals surface area contributed by atoms with Gasteiger partial charge in [0.25, 0.3) is 0 Å². The summed E-state index contributed by atoms with van der Waals surface area (Å²) < 4.78 is 37.5. The van der Waals surface area contributed by atoms with E-state index in [1.807, 2.05) is 12.2 Å². The average Bonchev–Trinajstić information content (AvgIpc) is 2.43. The lowest BCUT2D eigenvalue weighted by Crippen LogP contribution is -2.04. The summed E-state index contributed by atoms with van der Waals surface area (Å²) in [6.07, 6.45) is 6.04. The summed E-state index contributed by atoms with van der Waals surface area (Å²) in [5.74, 6) is 0. The number of halogens is 3. The number of benzene rings is 1. The molecule has 21 heavy (non-hydrogen) atoms. The lowest BCUT2D eigenvalue weighted by molar-refractivity contribution is -0.137. The van der Waals surface area contributed by atoms with Gasteiger partial charge in [-0.05, 0) is 37.0 Å². The van der Waals surface area contributed by atoms with E-state index < -0.39 is 11.7 Å². The third-order valence-electron chi connectivity index (χ3n) is 3.37. The van der Waals surface area contributed by atoms with Crippen molar-refractivity contribution in [3.8, 4) is 0 Å². The molecule has 0 nitrogen and oxygen atoms in total. The molecule has 1 aromatic rings. The molecule has 0 aliphatic heterocycles. The normalized spacial score (nSPS) is 12.5. The molecule has 1 rings (SSSR count). The van der Waals surface area contributed by atoms with Gasteiger partial charge < -0.3 is 0 Å². The van der Waals surface area contributed by atoms with Gasteiger partial charge in [0.2, 0.25) is 0 Å². The van der Waals surface area contributed by atoms with E-state index in [1.54, 1.807) is 0 Å². The highest BCUT2D eigenvalue weighted by molar-refractivity contribution is 5.53. The Hall–Kier alpha value is -1.51. The van der Waals surface area contributed by atoms with Gasteiger partial charge in [-0.1, -0.05) is 56.0 Å². The summed E-state index contributed by atoms with van der Waals surface area (Å²) in [6.45, 7) is 5.91. The Morgan fingerprint density at radius 2 is 1.76 bits per heavy atom. The van der Waals surface area contributed by atoms with Gasteiger partial charge in [0.05, 0.1) is 5.56 Å². The van der Waals surface area contributed by atoms with Gasteiger partial charge in [-0.15, -0.1) is 6.58 Å². The van der Waals surface area contributed by atoms with Crippen LogP contribution in [-0.4, -0.2) is 0 Å². The Kier molecular flexibility index (Phi) is 7.27. The second-order valence-corrected chi connectivity index (χ2v) is 5.23. The number of rotatable bonds is 8. The topological polar surface area (TPSA) is 0 Å². The number of hydrogen-bond acceptors (Lipinski definition) is 0. The van der Waals surface area contributed by atoms with E-state index >= 15 is 0 Å². The van der Waals surface area contributed by atoms with Crippen LogP contribution in [0.25, 0.3) is 6.08 Å². The van der Waals surface area contributed by atoms with E-state index in [2.05, 4.69) is 13.5 Å². The van der Waals surface area contributed by atoms with Crippen LogP contribution in [0.2, 0.25) is 0 Å². The van der Waals surface area contributed by atoms with Crippen molar-refractivity contribution in [1.82, 2.24) is 0 Å². The SMILES string of the molecule is C=CC/C(=C/c1ccc(C(F)(F)F)cc1)CCCCCC. The molecular weight excluding hydrogens is 273 g/mol. The van der Waals surface area contributed by atoms with Crippen LogP contribution in [0.1, 0.15) is 56.6 Å². The molecule has 0 radical (unpaired) electrons. The second-order valence-electron chi connectivity index (χ2n) is 5.23. The van der Waals surface area contributed by atoms with Crippen LogP contribution in [0.4, 0.5) is 13.2 Å². The van der Waals surface area contributed by atoms with Crippen molar-refractivity contribution in [2.45, 2.75) is 51.6 Å². The molecule has 0 aliphatic carbocycles. The molecule has 0 atom stereocenters. The van der Waals surface area contributed by atoms with E-state index in [9.17, 15) is 13.2 Å². The first-order chi connectivity index (χ1) is 9.97. The third kappa shape index (κ3) is 6.65. The minimum Gasteiger partial charge on any atom is -0.166 e. The summed E-state index contributed by atoms with van der Waals surface area (Å²) >= 11 is 0. The summed E-state index contributed by atoms with van der Waals surface area (Å²) in [5.41, 5.74) is 1.43. The van der Waals surface area contributed by atoms with Crippen LogP contribution in [-0.2, 0) is 6.18 Å². The Morgan fingerprint density at radius 3 is 2.29 bits per heavy atom. The van der Waals surface area contributed by atoms with E-state index in [0.29, 0.717) is 0 Å². The summed E-state index contributed by atoms with van der Waals surface area (Å²) in [4.78, 5) is 0. The fraction of sp³-hybridized carbons (Fsp3) is 0.444. The molecule has 0 unspecified atom stereocenters. The van der Waals surface area contributed by atoms with Crippen LogP contribution in [0.15, 0.2) is 42.5 Å². The number of alkyl halides is 3. The van der Waals surface area contributed by atoms with E-state index in [0.717, 1.165) is 37.0 Å². The summed E-state index contributed by atoms with van der Waals surface area (Å²) in [5, 5.41) is 0. The molecule has 0 heterocycles. The van der Waals surface area contributed by atoms with Crippen LogP contribution in [0.5, 0.6) is 0 Å². The van der Waals surface area contributed by atoms with Crippen LogP contribution in [0, 0.1) is 0 Å². The van der Waals surface area contributed by atoms with Gasteiger partial charge in [-0.25, -0.2) is 0 Å². The van der Waals surface area contributed by atoms with Crippen molar-refractivity contribution in [3.63, 3.8) is 0 Å². The molecule has 0 saturated heterocycles. The molecule has 0 amide bonds.